The predicted octanol–water partition coefficient (Wildman–Crippen LogP) is 2.86. The summed E-state index contributed by atoms with van der Waals surface area (Å²) in [5.41, 5.74) is 1.31. The lowest BCUT2D eigenvalue weighted by Gasteiger charge is -2.26. The smallest absolute Gasteiger partial charge is 0.234 e. The Morgan fingerprint density at radius 2 is 1.75 bits per heavy atom. The zero-order valence-corrected chi connectivity index (χ0v) is 13.2. The van der Waals surface area contributed by atoms with Crippen LogP contribution in [-0.4, -0.2) is 25.0 Å². The van der Waals surface area contributed by atoms with Gasteiger partial charge in [0.15, 0.2) is 0 Å². The summed E-state index contributed by atoms with van der Waals surface area (Å²) in [6.45, 7) is 9.74. The van der Waals surface area contributed by atoms with E-state index in [9.17, 15) is 4.79 Å². The van der Waals surface area contributed by atoms with Crippen LogP contribution in [0, 0.1) is 0 Å². The van der Waals surface area contributed by atoms with E-state index in [1.54, 1.807) is 0 Å². The van der Waals surface area contributed by atoms with Crippen LogP contribution < -0.4 is 10.6 Å². The van der Waals surface area contributed by atoms with Gasteiger partial charge in [-0.15, -0.1) is 0 Å². The van der Waals surface area contributed by atoms with Crippen LogP contribution in [0.2, 0.25) is 0 Å². The predicted molar refractivity (Wildman–Crippen MR) is 84.9 cm³/mol. The average Bonchev–Trinajstić information content (AvgIpc) is 2.45. The van der Waals surface area contributed by atoms with E-state index in [1.807, 2.05) is 6.07 Å². The molecule has 3 nitrogen and oxygen atoms in total. The molecular weight excluding hydrogens is 248 g/mol. The third-order valence-electron chi connectivity index (χ3n) is 3.76. The van der Waals surface area contributed by atoms with Crippen molar-refractivity contribution in [2.24, 2.45) is 0 Å². The normalized spacial score (nSPS) is 11.7. The van der Waals surface area contributed by atoms with E-state index in [2.05, 4.69) is 62.6 Å². The first-order valence-electron chi connectivity index (χ1n) is 7.55. The van der Waals surface area contributed by atoms with Crippen molar-refractivity contribution in [1.82, 2.24) is 10.6 Å². The molecule has 0 fully saturated rings. The number of amides is 1. The summed E-state index contributed by atoms with van der Waals surface area (Å²) in [5.74, 6) is 0.0857. The first kappa shape index (κ1) is 16.7. The van der Waals surface area contributed by atoms with E-state index in [4.69, 9.17) is 0 Å². The molecule has 112 valence electrons. The molecule has 0 spiro atoms. The minimum absolute atomic E-state index is 0.0243. The Hall–Kier alpha value is -1.35. The number of rotatable bonds is 8. The number of hydrogen-bond acceptors (Lipinski definition) is 2. The largest absolute Gasteiger partial charge is 0.352 e. The lowest BCUT2D eigenvalue weighted by atomic mass is 9.84. The van der Waals surface area contributed by atoms with Gasteiger partial charge in [0.05, 0.1) is 6.54 Å². The molecule has 1 aromatic rings. The fourth-order valence-electron chi connectivity index (χ4n) is 2.25. The van der Waals surface area contributed by atoms with Crippen molar-refractivity contribution in [3.63, 3.8) is 0 Å². The molecule has 0 unspecified atom stereocenters. The molecule has 0 aromatic heterocycles. The molecule has 2 N–H and O–H groups in total. The van der Waals surface area contributed by atoms with E-state index in [0.29, 0.717) is 12.6 Å². The zero-order valence-electron chi connectivity index (χ0n) is 13.2. The topological polar surface area (TPSA) is 41.1 Å². The van der Waals surface area contributed by atoms with E-state index in [1.165, 1.54) is 5.56 Å². The zero-order chi connectivity index (χ0) is 15.0. The molecular formula is C17H28N2O. The van der Waals surface area contributed by atoms with Crippen molar-refractivity contribution in [1.29, 1.82) is 0 Å². The molecule has 0 saturated carbocycles. The molecule has 1 aromatic carbocycles. The van der Waals surface area contributed by atoms with Gasteiger partial charge in [-0.3, -0.25) is 4.79 Å². The highest BCUT2D eigenvalue weighted by atomic mass is 16.1. The van der Waals surface area contributed by atoms with E-state index in [-0.39, 0.29) is 11.3 Å². The van der Waals surface area contributed by atoms with Crippen LogP contribution in [0.4, 0.5) is 0 Å². The molecule has 20 heavy (non-hydrogen) atoms. The maximum Gasteiger partial charge on any atom is 0.234 e. The van der Waals surface area contributed by atoms with Crippen molar-refractivity contribution in [2.45, 2.75) is 52.0 Å². The second kappa shape index (κ2) is 8.05. The van der Waals surface area contributed by atoms with Crippen molar-refractivity contribution in [3.8, 4) is 0 Å². The summed E-state index contributed by atoms with van der Waals surface area (Å²) >= 11 is 0. The third kappa shape index (κ3) is 5.33. The minimum Gasteiger partial charge on any atom is -0.352 e. The van der Waals surface area contributed by atoms with Crippen LogP contribution in [0.1, 0.15) is 46.1 Å². The highest BCUT2D eigenvalue weighted by Gasteiger charge is 2.20. The molecule has 0 bridgehead atoms. The monoisotopic (exact) mass is 276 g/mol. The van der Waals surface area contributed by atoms with Gasteiger partial charge < -0.3 is 10.6 Å². The Labute approximate surface area is 123 Å². The van der Waals surface area contributed by atoms with Gasteiger partial charge in [-0.25, -0.2) is 0 Å². The molecule has 0 aliphatic carbocycles. The van der Waals surface area contributed by atoms with Crippen LogP contribution >= 0.6 is 0 Å². The SMILES string of the molecule is CCC(CC)NC(=O)CNCC(C)(C)c1ccccc1. The average molecular weight is 276 g/mol. The standard InChI is InChI=1S/C17H28N2O/c1-5-15(6-2)19-16(20)12-18-13-17(3,4)14-10-8-7-9-11-14/h7-11,15,18H,5-6,12-13H2,1-4H3,(H,19,20). The van der Waals surface area contributed by atoms with E-state index in [0.717, 1.165) is 19.4 Å². The fourth-order valence-corrected chi connectivity index (χ4v) is 2.25. The van der Waals surface area contributed by atoms with Gasteiger partial charge in [0.1, 0.15) is 0 Å². The molecule has 0 saturated heterocycles. The molecule has 0 atom stereocenters. The maximum atomic E-state index is 11.8. The van der Waals surface area contributed by atoms with Gasteiger partial charge in [-0.1, -0.05) is 58.0 Å². The number of hydrogen-bond donors (Lipinski definition) is 2. The second-order valence-corrected chi connectivity index (χ2v) is 5.93. The first-order chi connectivity index (χ1) is 9.49. The lowest BCUT2D eigenvalue weighted by Crippen LogP contribution is -2.42. The minimum atomic E-state index is 0.0243. The van der Waals surface area contributed by atoms with E-state index >= 15 is 0 Å². The quantitative estimate of drug-likeness (QED) is 0.766. The molecule has 0 aliphatic heterocycles. The Morgan fingerprint density at radius 3 is 2.30 bits per heavy atom. The lowest BCUT2D eigenvalue weighted by molar-refractivity contribution is -0.121. The Morgan fingerprint density at radius 1 is 1.15 bits per heavy atom. The van der Waals surface area contributed by atoms with Gasteiger partial charge in [0, 0.05) is 18.0 Å². The van der Waals surface area contributed by atoms with Gasteiger partial charge in [0.2, 0.25) is 5.91 Å². The summed E-state index contributed by atoms with van der Waals surface area (Å²) in [5, 5.41) is 6.31. The third-order valence-corrected chi connectivity index (χ3v) is 3.76. The Bertz CT molecular complexity index is 397. The number of nitrogens with one attached hydrogen (secondary N) is 2. The molecule has 0 radical (unpaired) electrons. The highest BCUT2D eigenvalue weighted by Crippen LogP contribution is 2.21. The van der Waals surface area contributed by atoms with Crippen LogP contribution in [0.3, 0.4) is 0 Å². The first-order valence-corrected chi connectivity index (χ1v) is 7.55. The number of carbonyl (C=O) groups excluding carboxylic acids is 1. The van der Waals surface area contributed by atoms with Crippen LogP contribution in [0.15, 0.2) is 30.3 Å². The summed E-state index contributed by atoms with van der Waals surface area (Å²) in [6, 6.07) is 10.7. The summed E-state index contributed by atoms with van der Waals surface area (Å²) in [7, 11) is 0. The summed E-state index contributed by atoms with van der Waals surface area (Å²) in [6.07, 6.45) is 1.97. The fraction of sp³-hybridized carbons (Fsp3) is 0.588. The highest BCUT2D eigenvalue weighted by molar-refractivity contribution is 5.78. The van der Waals surface area contributed by atoms with Crippen molar-refractivity contribution >= 4 is 5.91 Å². The van der Waals surface area contributed by atoms with Crippen molar-refractivity contribution < 1.29 is 4.79 Å². The number of carbonyl (C=O) groups is 1. The van der Waals surface area contributed by atoms with Crippen molar-refractivity contribution in [3.05, 3.63) is 35.9 Å². The van der Waals surface area contributed by atoms with Crippen LogP contribution in [0.25, 0.3) is 0 Å². The van der Waals surface area contributed by atoms with Gasteiger partial charge in [-0.05, 0) is 18.4 Å². The Balaban J connectivity index is 2.38. The van der Waals surface area contributed by atoms with E-state index < -0.39 is 0 Å². The molecule has 3 heteroatoms. The van der Waals surface area contributed by atoms with Gasteiger partial charge >= 0.3 is 0 Å². The van der Waals surface area contributed by atoms with Crippen molar-refractivity contribution in [2.75, 3.05) is 13.1 Å². The summed E-state index contributed by atoms with van der Waals surface area (Å²) in [4.78, 5) is 11.8. The Kier molecular flexibility index (Phi) is 6.73. The maximum absolute atomic E-state index is 11.8. The van der Waals surface area contributed by atoms with Crippen LogP contribution in [0.5, 0.6) is 0 Å². The molecule has 0 heterocycles. The van der Waals surface area contributed by atoms with Crippen LogP contribution in [-0.2, 0) is 10.2 Å². The number of benzene rings is 1. The molecule has 1 rings (SSSR count). The molecule has 0 aliphatic rings. The second-order valence-electron chi connectivity index (χ2n) is 5.93. The van der Waals surface area contributed by atoms with Gasteiger partial charge in [0.25, 0.3) is 0 Å². The molecule has 1 amide bonds. The summed E-state index contributed by atoms with van der Waals surface area (Å²) < 4.78 is 0. The van der Waals surface area contributed by atoms with Gasteiger partial charge in [-0.2, -0.15) is 0 Å².